The Bertz CT molecular complexity index is 907. The van der Waals surface area contributed by atoms with E-state index in [1.54, 1.807) is 0 Å². The summed E-state index contributed by atoms with van der Waals surface area (Å²) in [5.74, 6) is -0.129. The van der Waals surface area contributed by atoms with Crippen molar-refractivity contribution >= 4 is 22.5 Å². The van der Waals surface area contributed by atoms with Crippen LogP contribution in [0.3, 0.4) is 0 Å². The van der Waals surface area contributed by atoms with Gasteiger partial charge in [0.2, 0.25) is 0 Å². The van der Waals surface area contributed by atoms with Crippen LogP contribution in [0.15, 0.2) is 72.8 Å². The minimum Gasteiger partial charge on any atom is -0.388 e. The molecule has 2 atom stereocenters. The zero-order valence-corrected chi connectivity index (χ0v) is 16.3. The van der Waals surface area contributed by atoms with E-state index in [0.29, 0.717) is 13.1 Å². The first-order chi connectivity index (χ1) is 13.5. The highest BCUT2D eigenvalue weighted by molar-refractivity contribution is 6.01. The van der Waals surface area contributed by atoms with Crippen LogP contribution >= 0.6 is 0 Å². The van der Waals surface area contributed by atoms with Gasteiger partial charge in [-0.2, -0.15) is 0 Å². The van der Waals surface area contributed by atoms with Crippen molar-refractivity contribution in [2.75, 3.05) is 32.5 Å². The number of benzene rings is 3. The summed E-state index contributed by atoms with van der Waals surface area (Å²) in [6.07, 6.45) is -0.651. The first-order valence-electron chi connectivity index (χ1n) is 9.45. The summed E-state index contributed by atoms with van der Waals surface area (Å²) < 4.78 is 0. The van der Waals surface area contributed by atoms with Gasteiger partial charge in [0.15, 0.2) is 0 Å². The summed E-state index contributed by atoms with van der Waals surface area (Å²) in [7, 11) is 3.92. The van der Waals surface area contributed by atoms with Crippen LogP contribution in [-0.2, 0) is 0 Å². The summed E-state index contributed by atoms with van der Waals surface area (Å²) in [5.41, 5.74) is 1.62. The number of carbonyl (C=O) groups excluding carboxylic acids is 1. The van der Waals surface area contributed by atoms with E-state index >= 15 is 0 Å². The van der Waals surface area contributed by atoms with Crippen LogP contribution in [0.1, 0.15) is 11.7 Å². The molecule has 3 N–H and O–H groups in total. The Kier molecular flexibility index (Phi) is 6.63. The molecule has 0 bridgehead atoms. The minimum absolute atomic E-state index is 0.129. The molecule has 0 unspecified atom stereocenters. The third-order valence-electron chi connectivity index (χ3n) is 4.75. The zero-order valence-electron chi connectivity index (χ0n) is 16.3. The molecule has 5 nitrogen and oxygen atoms in total. The lowest BCUT2D eigenvalue weighted by Crippen LogP contribution is -2.39. The minimum atomic E-state index is -0.651. The first kappa shape index (κ1) is 19.9. The number of aliphatic hydroxyl groups is 1. The van der Waals surface area contributed by atoms with Gasteiger partial charge in [0, 0.05) is 24.4 Å². The standard InChI is InChI=1S/C23H27N3O2/c1-26(2)16-19(22(27)18-10-4-3-5-11-18)15-24-23(28)25-21-14-8-12-17-9-6-7-13-20(17)21/h3-14,19,22,27H,15-16H2,1-2H3,(H2,24,25,28)/t19-,22+/m0/s1. The second-order valence-electron chi connectivity index (χ2n) is 7.24. The van der Waals surface area contributed by atoms with Crippen molar-refractivity contribution in [3.63, 3.8) is 0 Å². The Morgan fingerprint density at radius 3 is 2.39 bits per heavy atom. The van der Waals surface area contributed by atoms with Crippen LogP contribution in [0.25, 0.3) is 10.8 Å². The molecule has 0 saturated carbocycles. The number of carbonyl (C=O) groups is 1. The molecule has 0 fully saturated rings. The fourth-order valence-electron chi connectivity index (χ4n) is 3.39. The van der Waals surface area contributed by atoms with E-state index in [4.69, 9.17) is 0 Å². The van der Waals surface area contributed by atoms with E-state index in [-0.39, 0.29) is 11.9 Å². The van der Waals surface area contributed by atoms with Crippen molar-refractivity contribution in [2.45, 2.75) is 6.10 Å². The smallest absolute Gasteiger partial charge is 0.319 e. The Labute approximate surface area is 166 Å². The summed E-state index contributed by atoms with van der Waals surface area (Å²) in [4.78, 5) is 14.5. The second-order valence-corrected chi connectivity index (χ2v) is 7.24. The topological polar surface area (TPSA) is 64.6 Å². The maximum Gasteiger partial charge on any atom is 0.319 e. The molecule has 0 saturated heterocycles. The van der Waals surface area contributed by atoms with Gasteiger partial charge in [-0.15, -0.1) is 0 Å². The average Bonchev–Trinajstić information content (AvgIpc) is 2.71. The van der Waals surface area contributed by atoms with E-state index in [9.17, 15) is 9.90 Å². The molecule has 0 aliphatic heterocycles. The van der Waals surface area contributed by atoms with Crippen molar-refractivity contribution in [1.82, 2.24) is 10.2 Å². The Hall–Kier alpha value is -2.89. The molecule has 0 aliphatic carbocycles. The SMILES string of the molecule is CN(C)C[C@H](CNC(=O)Nc1cccc2ccccc12)[C@H](O)c1ccccc1. The van der Waals surface area contributed by atoms with Crippen LogP contribution in [-0.4, -0.2) is 43.2 Å². The van der Waals surface area contributed by atoms with Gasteiger partial charge in [0.1, 0.15) is 0 Å². The van der Waals surface area contributed by atoms with Gasteiger partial charge in [0.25, 0.3) is 0 Å². The molecule has 0 spiro atoms. The number of amides is 2. The molecule has 5 heteroatoms. The van der Waals surface area contributed by atoms with Crippen LogP contribution < -0.4 is 10.6 Å². The van der Waals surface area contributed by atoms with Crippen LogP contribution in [0, 0.1) is 5.92 Å². The fraction of sp³-hybridized carbons (Fsp3) is 0.261. The van der Waals surface area contributed by atoms with E-state index in [1.165, 1.54) is 0 Å². The molecule has 3 rings (SSSR count). The van der Waals surface area contributed by atoms with Gasteiger partial charge < -0.3 is 20.6 Å². The predicted molar refractivity (Wildman–Crippen MR) is 114 cm³/mol. The molecule has 0 heterocycles. The zero-order chi connectivity index (χ0) is 19.9. The quantitative estimate of drug-likeness (QED) is 0.586. The molecule has 3 aromatic rings. The fourth-order valence-corrected chi connectivity index (χ4v) is 3.39. The highest BCUT2D eigenvalue weighted by Crippen LogP contribution is 2.24. The molecule has 146 valence electrons. The molecule has 3 aromatic carbocycles. The monoisotopic (exact) mass is 377 g/mol. The van der Waals surface area contributed by atoms with Gasteiger partial charge in [-0.25, -0.2) is 4.79 Å². The lowest BCUT2D eigenvalue weighted by molar-refractivity contribution is 0.0911. The Balaban J connectivity index is 1.66. The van der Waals surface area contributed by atoms with Crippen molar-refractivity contribution < 1.29 is 9.90 Å². The van der Waals surface area contributed by atoms with Gasteiger partial charge in [-0.3, -0.25) is 0 Å². The van der Waals surface area contributed by atoms with Gasteiger partial charge in [0.05, 0.1) is 11.8 Å². The number of aliphatic hydroxyl groups excluding tert-OH is 1. The number of fused-ring (bicyclic) bond motifs is 1. The van der Waals surface area contributed by atoms with Crippen LogP contribution in [0.2, 0.25) is 0 Å². The number of hydrogen-bond donors (Lipinski definition) is 3. The van der Waals surface area contributed by atoms with E-state index < -0.39 is 6.10 Å². The number of rotatable bonds is 7. The third kappa shape index (κ3) is 5.09. The molecular weight excluding hydrogens is 350 g/mol. The maximum atomic E-state index is 12.5. The Morgan fingerprint density at radius 1 is 0.964 bits per heavy atom. The lowest BCUT2D eigenvalue weighted by Gasteiger charge is -2.26. The van der Waals surface area contributed by atoms with Gasteiger partial charge in [-0.05, 0) is 31.1 Å². The highest BCUT2D eigenvalue weighted by atomic mass is 16.3. The summed E-state index contributed by atoms with van der Waals surface area (Å²) in [6, 6.07) is 23.0. The summed E-state index contributed by atoms with van der Waals surface area (Å²) in [6.45, 7) is 1.02. The van der Waals surface area contributed by atoms with E-state index in [1.807, 2.05) is 91.8 Å². The highest BCUT2D eigenvalue weighted by Gasteiger charge is 2.22. The second kappa shape index (κ2) is 9.35. The number of anilines is 1. The van der Waals surface area contributed by atoms with Crippen molar-refractivity contribution in [3.05, 3.63) is 78.4 Å². The third-order valence-corrected chi connectivity index (χ3v) is 4.75. The summed E-state index contributed by atoms with van der Waals surface area (Å²) >= 11 is 0. The molecule has 2 amide bonds. The van der Waals surface area contributed by atoms with Crippen molar-refractivity contribution in [2.24, 2.45) is 5.92 Å². The van der Waals surface area contributed by atoms with E-state index in [2.05, 4.69) is 10.6 Å². The number of urea groups is 1. The molecule has 0 radical (unpaired) electrons. The number of nitrogens with one attached hydrogen (secondary N) is 2. The number of nitrogens with zero attached hydrogens (tertiary/aromatic N) is 1. The Morgan fingerprint density at radius 2 is 1.64 bits per heavy atom. The molecule has 28 heavy (non-hydrogen) atoms. The molecule has 0 aromatic heterocycles. The van der Waals surface area contributed by atoms with Gasteiger partial charge in [-0.1, -0.05) is 66.7 Å². The van der Waals surface area contributed by atoms with E-state index in [0.717, 1.165) is 22.0 Å². The molecular formula is C23H27N3O2. The van der Waals surface area contributed by atoms with Crippen LogP contribution in [0.5, 0.6) is 0 Å². The van der Waals surface area contributed by atoms with Crippen LogP contribution in [0.4, 0.5) is 10.5 Å². The molecule has 0 aliphatic rings. The largest absolute Gasteiger partial charge is 0.388 e. The number of hydrogen-bond acceptors (Lipinski definition) is 3. The van der Waals surface area contributed by atoms with Gasteiger partial charge >= 0.3 is 6.03 Å². The normalized spacial score (nSPS) is 13.3. The predicted octanol–water partition coefficient (Wildman–Crippen LogP) is 3.87. The van der Waals surface area contributed by atoms with Crippen molar-refractivity contribution in [1.29, 1.82) is 0 Å². The lowest BCUT2D eigenvalue weighted by atomic mass is 9.95. The maximum absolute atomic E-state index is 12.5. The average molecular weight is 377 g/mol. The first-order valence-corrected chi connectivity index (χ1v) is 9.45. The van der Waals surface area contributed by atoms with Crippen molar-refractivity contribution in [3.8, 4) is 0 Å². The summed E-state index contributed by atoms with van der Waals surface area (Å²) in [5, 5.41) is 18.7.